The first-order valence-corrected chi connectivity index (χ1v) is 7.65. The standard InChI is InChI=1S/C15H12BrClFN3/c1-8-6-10(16)11(18)7-13(8)21-14(9(2)17)20-12-4-3-5-19-15(12)21/h3-7,9H,1-2H3. The second kappa shape index (κ2) is 5.39. The smallest absolute Gasteiger partial charge is 0.164 e. The molecule has 2 aromatic heterocycles. The third-order valence-corrected chi connectivity index (χ3v) is 4.08. The number of alkyl halides is 1. The van der Waals surface area contributed by atoms with Crippen LogP contribution in [0, 0.1) is 12.7 Å². The second-order valence-electron chi connectivity index (χ2n) is 4.82. The highest BCUT2D eigenvalue weighted by Crippen LogP contribution is 2.30. The van der Waals surface area contributed by atoms with Gasteiger partial charge >= 0.3 is 0 Å². The summed E-state index contributed by atoms with van der Waals surface area (Å²) in [4.78, 5) is 8.88. The maximum Gasteiger partial charge on any atom is 0.164 e. The lowest BCUT2D eigenvalue weighted by atomic mass is 10.2. The minimum absolute atomic E-state index is 0.315. The third kappa shape index (κ3) is 2.45. The highest BCUT2D eigenvalue weighted by molar-refractivity contribution is 9.10. The van der Waals surface area contributed by atoms with Gasteiger partial charge in [0.15, 0.2) is 5.65 Å². The molecule has 0 N–H and O–H groups in total. The lowest BCUT2D eigenvalue weighted by Crippen LogP contribution is -2.05. The molecule has 1 atom stereocenters. The van der Waals surface area contributed by atoms with Crippen molar-refractivity contribution in [3.8, 4) is 5.69 Å². The van der Waals surface area contributed by atoms with Crippen LogP contribution >= 0.6 is 27.5 Å². The number of halogens is 3. The minimum Gasteiger partial charge on any atom is -0.279 e. The summed E-state index contributed by atoms with van der Waals surface area (Å²) in [6.45, 7) is 3.75. The van der Waals surface area contributed by atoms with Crippen LogP contribution in [0.5, 0.6) is 0 Å². The maximum atomic E-state index is 13.9. The molecule has 2 heterocycles. The molecule has 0 fully saturated rings. The molecule has 3 rings (SSSR count). The predicted octanol–water partition coefficient (Wildman–Crippen LogP) is 4.93. The number of pyridine rings is 1. The van der Waals surface area contributed by atoms with Crippen molar-refractivity contribution in [3.63, 3.8) is 0 Å². The maximum absolute atomic E-state index is 13.9. The van der Waals surface area contributed by atoms with Crippen LogP contribution in [-0.2, 0) is 0 Å². The van der Waals surface area contributed by atoms with E-state index >= 15 is 0 Å². The van der Waals surface area contributed by atoms with Crippen molar-refractivity contribution in [1.29, 1.82) is 0 Å². The van der Waals surface area contributed by atoms with Crippen LogP contribution in [0.2, 0.25) is 0 Å². The largest absolute Gasteiger partial charge is 0.279 e. The molecule has 0 radical (unpaired) electrons. The normalized spacial score (nSPS) is 12.8. The SMILES string of the molecule is Cc1cc(Br)c(F)cc1-n1c(C(C)Cl)nc2cccnc21. The Kier molecular flexibility index (Phi) is 3.71. The van der Waals surface area contributed by atoms with E-state index in [0.29, 0.717) is 21.6 Å². The van der Waals surface area contributed by atoms with Gasteiger partial charge in [-0.05, 0) is 59.6 Å². The molecule has 0 saturated carbocycles. The summed E-state index contributed by atoms with van der Waals surface area (Å²) in [6, 6.07) is 6.89. The van der Waals surface area contributed by atoms with Crippen LogP contribution in [-0.4, -0.2) is 14.5 Å². The number of fused-ring (bicyclic) bond motifs is 1. The van der Waals surface area contributed by atoms with Gasteiger partial charge < -0.3 is 0 Å². The van der Waals surface area contributed by atoms with Crippen molar-refractivity contribution < 1.29 is 4.39 Å². The zero-order chi connectivity index (χ0) is 15.1. The van der Waals surface area contributed by atoms with E-state index in [9.17, 15) is 4.39 Å². The fraction of sp³-hybridized carbons (Fsp3) is 0.200. The molecule has 3 aromatic rings. The molecule has 0 spiro atoms. The topological polar surface area (TPSA) is 30.7 Å². The lowest BCUT2D eigenvalue weighted by molar-refractivity contribution is 0.619. The highest BCUT2D eigenvalue weighted by atomic mass is 79.9. The monoisotopic (exact) mass is 367 g/mol. The Morgan fingerprint density at radius 1 is 1.38 bits per heavy atom. The number of aryl methyl sites for hydroxylation is 1. The number of hydrogen-bond donors (Lipinski definition) is 0. The van der Waals surface area contributed by atoms with E-state index < -0.39 is 0 Å². The van der Waals surface area contributed by atoms with E-state index in [1.807, 2.05) is 30.5 Å². The molecule has 0 bridgehead atoms. The summed E-state index contributed by atoms with van der Waals surface area (Å²) < 4.78 is 16.2. The van der Waals surface area contributed by atoms with Crippen LogP contribution in [0.15, 0.2) is 34.9 Å². The van der Waals surface area contributed by atoms with Gasteiger partial charge in [-0.25, -0.2) is 14.4 Å². The molecule has 6 heteroatoms. The fourth-order valence-corrected chi connectivity index (χ4v) is 2.92. The molecule has 108 valence electrons. The van der Waals surface area contributed by atoms with E-state index in [2.05, 4.69) is 25.9 Å². The predicted molar refractivity (Wildman–Crippen MR) is 85.5 cm³/mol. The molecule has 21 heavy (non-hydrogen) atoms. The van der Waals surface area contributed by atoms with E-state index in [-0.39, 0.29) is 11.2 Å². The lowest BCUT2D eigenvalue weighted by Gasteiger charge is -2.13. The summed E-state index contributed by atoms with van der Waals surface area (Å²) in [5.74, 6) is 0.316. The second-order valence-corrected chi connectivity index (χ2v) is 6.33. The number of rotatable bonds is 2. The third-order valence-electron chi connectivity index (χ3n) is 3.28. The molecule has 3 nitrogen and oxygen atoms in total. The summed E-state index contributed by atoms with van der Waals surface area (Å²) >= 11 is 9.44. The zero-order valence-electron chi connectivity index (χ0n) is 11.4. The van der Waals surface area contributed by atoms with E-state index in [1.165, 1.54) is 6.07 Å². The van der Waals surface area contributed by atoms with Crippen molar-refractivity contribution in [3.05, 3.63) is 52.1 Å². The van der Waals surface area contributed by atoms with Crippen LogP contribution in [0.1, 0.15) is 23.7 Å². The quantitative estimate of drug-likeness (QED) is 0.600. The summed E-state index contributed by atoms with van der Waals surface area (Å²) in [6.07, 6.45) is 1.69. The van der Waals surface area contributed by atoms with Gasteiger partial charge in [0.1, 0.15) is 17.2 Å². The van der Waals surface area contributed by atoms with E-state index in [1.54, 1.807) is 12.3 Å². The Morgan fingerprint density at radius 2 is 2.14 bits per heavy atom. The first-order valence-electron chi connectivity index (χ1n) is 6.42. The fourth-order valence-electron chi connectivity index (χ4n) is 2.31. The molecule has 1 aromatic carbocycles. The van der Waals surface area contributed by atoms with Crippen molar-refractivity contribution in [2.24, 2.45) is 0 Å². The number of imidazole rings is 1. The molecule has 0 aliphatic rings. The minimum atomic E-state index is -0.332. The molecule has 1 unspecified atom stereocenters. The molecular weight excluding hydrogens is 357 g/mol. The van der Waals surface area contributed by atoms with Gasteiger partial charge in [0.05, 0.1) is 15.5 Å². The van der Waals surface area contributed by atoms with Gasteiger partial charge in [-0.3, -0.25) is 4.57 Å². The van der Waals surface area contributed by atoms with Crippen LogP contribution < -0.4 is 0 Å². The van der Waals surface area contributed by atoms with Crippen LogP contribution in [0.25, 0.3) is 16.9 Å². The number of hydrogen-bond acceptors (Lipinski definition) is 2. The van der Waals surface area contributed by atoms with Gasteiger partial charge in [-0.15, -0.1) is 11.6 Å². The number of aromatic nitrogens is 3. The Labute approximate surface area is 134 Å². The van der Waals surface area contributed by atoms with E-state index in [0.717, 1.165) is 11.1 Å². The number of benzene rings is 1. The van der Waals surface area contributed by atoms with Crippen molar-refractivity contribution in [2.75, 3.05) is 0 Å². The van der Waals surface area contributed by atoms with Crippen LogP contribution in [0.4, 0.5) is 4.39 Å². The molecule has 0 aliphatic heterocycles. The van der Waals surface area contributed by atoms with Crippen LogP contribution in [0.3, 0.4) is 0 Å². The Bertz CT molecular complexity index is 829. The van der Waals surface area contributed by atoms with Gasteiger partial charge in [-0.2, -0.15) is 0 Å². The average Bonchev–Trinajstić information content (AvgIpc) is 2.82. The zero-order valence-corrected chi connectivity index (χ0v) is 13.8. The summed E-state index contributed by atoms with van der Waals surface area (Å²) in [7, 11) is 0. The molecule has 0 aliphatic carbocycles. The summed E-state index contributed by atoms with van der Waals surface area (Å²) in [5, 5.41) is -0.315. The average molecular weight is 369 g/mol. The Morgan fingerprint density at radius 3 is 2.86 bits per heavy atom. The van der Waals surface area contributed by atoms with Gasteiger partial charge in [0.2, 0.25) is 0 Å². The Hall–Kier alpha value is -1.46. The Balaban J connectivity index is 2.38. The van der Waals surface area contributed by atoms with Gasteiger partial charge in [0, 0.05) is 6.20 Å². The van der Waals surface area contributed by atoms with Crippen molar-refractivity contribution >= 4 is 38.7 Å². The molecular formula is C15H12BrClFN3. The highest BCUT2D eigenvalue weighted by Gasteiger charge is 2.19. The first kappa shape index (κ1) is 14.5. The molecule has 0 amide bonds. The molecule has 0 saturated heterocycles. The number of nitrogens with zero attached hydrogens (tertiary/aromatic N) is 3. The van der Waals surface area contributed by atoms with Gasteiger partial charge in [0.25, 0.3) is 0 Å². The summed E-state index contributed by atoms with van der Waals surface area (Å²) in [5.41, 5.74) is 3.01. The van der Waals surface area contributed by atoms with E-state index in [4.69, 9.17) is 11.6 Å². The van der Waals surface area contributed by atoms with Crippen molar-refractivity contribution in [1.82, 2.24) is 14.5 Å². The first-order chi connectivity index (χ1) is 9.99. The van der Waals surface area contributed by atoms with Crippen molar-refractivity contribution in [2.45, 2.75) is 19.2 Å². The van der Waals surface area contributed by atoms with Gasteiger partial charge in [-0.1, -0.05) is 0 Å².